The van der Waals surface area contributed by atoms with Crippen molar-refractivity contribution < 1.29 is 9.53 Å². The van der Waals surface area contributed by atoms with Crippen LogP contribution >= 0.6 is 12.4 Å². The van der Waals surface area contributed by atoms with Gasteiger partial charge in [0.15, 0.2) is 0 Å². The van der Waals surface area contributed by atoms with Crippen molar-refractivity contribution in [3.8, 4) is 0 Å². The molecule has 130 valence electrons. The van der Waals surface area contributed by atoms with Gasteiger partial charge in [-0.2, -0.15) is 5.10 Å². The molecule has 1 aromatic rings. The lowest BCUT2D eigenvalue weighted by molar-refractivity contribution is -0.123. The number of rotatable bonds is 4. The number of morpholine rings is 1. The maximum atomic E-state index is 12.2. The van der Waals surface area contributed by atoms with E-state index in [4.69, 9.17) is 4.74 Å². The van der Waals surface area contributed by atoms with Crippen molar-refractivity contribution in [2.75, 3.05) is 19.8 Å². The number of nitrogens with one attached hydrogen (secondary N) is 2. The van der Waals surface area contributed by atoms with E-state index in [0.29, 0.717) is 19.1 Å². The first-order valence-corrected chi connectivity index (χ1v) is 8.29. The highest BCUT2D eigenvalue weighted by atomic mass is 35.5. The van der Waals surface area contributed by atoms with Crippen LogP contribution < -0.4 is 10.6 Å². The van der Waals surface area contributed by atoms with Crippen molar-refractivity contribution >= 4 is 18.3 Å². The Bertz CT molecular complexity index is 526. The number of hydrogen-bond donors (Lipinski definition) is 2. The predicted octanol–water partition coefficient (Wildman–Crippen LogP) is 1.24. The summed E-state index contributed by atoms with van der Waals surface area (Å²) >= 11 is 0. The smallest absolute Gasteiger partial charge is 0.221 e. The SMILES string of the molecule is CC(C)n1cc2c(n1)CC(NC(=O)CC1COCCN1)CC2.Cl. The third kappa shape index (κ3) is 4.68. The summed E-state index contributed by atoms with van der Waals surface area (Å²) in [4.78, 5) is 12.2. The maximum Gasteiger partial charge on any atom is 0.221 e. The summed E-state index contributed by atoms with van der Waals surface area (Å²) in [6, 6.07) is 0.740. The number of fused-ring (bicyclic) bond motifs is 1. The first-order chi connectivity index (χ1) is 10.6. The molecule has 1 aliphatic carbocycles. The van der Waals surface area contributed by atoms with E-state index >= 15 is 0 Å². The summed E-state index contributed by atoms with van der Waals surface area (Å²) in [5.74, 6) is 0.111. The maximum absolute atomic E-state index is 12.2. The van der Waals surface area contributed by atoms with Crippen molar-refractivity contribution in [2.45, 2.75) is 57.7 Å². The number of nitrogens with zero attached hydrogens (tertiary/aromatic N) is 2. The first kappa shape index (κ1) is 18.2. The molecule has 1 aromatic heterocycles. The van der Waals surface area contributed by atoms with Gasteiger partial charge in [0.1, 0.15) is 0 Å². The molecule has 0 bridgehead atoms. The van der Waals surface area contributed by atoms with Gasteiger partial charge < -0.3 is 15.4 Å². The lowest BCUT2D eigenvalue weighted by atomic mass is 9.93. The molecule has 2 aliphatic rings. The zero-order chi connectivity index (χ0) is 15.5. The highest BCUT2D eigenvalue weighted by Crippen LogP contribution is 2.21. The zero-order valence-electron chi connectivity index (χ0n) is 13.9. The second-order valence-electron chi connectivity index (χ2n) is 6.61. The minimum atomic E-state index is 0. The molecular weight excluding hydrogens is 316 g/mol. The van der Waals surface area contributed by atoms with Gasteiger partial charge in [0, 0.05) is 43.7 Å². The molecule has 2 heterocycles. The first-order valence-electron chi connectivity index (χ1n) is 8.29. The number of hydrogen-bond acceptors (Lipinski definition) is 4. The molecule has 1 saturated heterocycles. The molecular formula is C16H27ClN4O2. The average molecular weight is 343 g/mol. The number of carbonyl (C=O) groups is 1. The molecule has 1 fully saturated rings. The third-order valence-corrected chi connectivity index (χ3v) is 4.42. The topological polar surface area (TPSA) is 68.2 Å². The van der Waals surface area contributed by atoms with Crippen molar-refractivity contribution in [1.82, 2.24) is 20.4 Å². The van der Waals surface area contributed by atoms with E-state index in [-0.39, 0.29) is 30.4 Å². The van der Waals surface area contributed by atoms with Gasteiger partial charge in [-0.25, -0.2) is 0 Å². The van der Waals surface area contributed by atoms with Crippen LogP contribution in [0.25, 0.3) is 0 Å². The Morgan fingerprint density at radius 2 is 2.39 bits per heavy atom. The van der Waals surface area contributed by atoms with Gasteiger partial charge in [0.25, 0.3) is 0 Å². The Labute approximate surface area is 143 Å². The van der Waals surface area contributed by atoms with Crippen molar-refractivity contribution in [3.63, 3.8) is 0 Å². The van der Waals surface area contributed by atoms with E-state index in [0.717, 1.165) is 38.1 Å². The number of halogens is 1. The Balaban J connectivity index is 0.00000192. The molecule has 2 atom stereocenters. The Hall–Kier alpha value is -1.11. The largest absolute Gasteiger partial charge is 0.378 e. The average Bonchev–Trinajstić information content (AvgIpc) is 2.91. The number of aromatic nitrogens is 2. The number of ether oxygens (including phenoxy) is 1. The fourth-order valence-electron chi connectivity index (χ4n) is 3.16. The van der Waals surface area contributed by atoms with Gasteiger partial charge in [-0.05, 0) is 32.3 Å². The third-order valence-electron chi connectivity index (χ3n) is 4.42. The molecule has 6 nitrogen and oxygen atoms in total. The van der Waals surface area contributed by atoms with Gasteiger partial charge in [-0.3, -0.25) is 9.48 Å². The molecule has 0 radical (unpaired) electrons. The number of aryl methyl sites for hydroxylation is 1. The van der Waals surface area contributed by atoms with Gasteiger partial charge in [0.2, 0.25) is 5.91 Å². The van der Waals surface area contributed by atoms with E-state index in [9.17, 15) is 4.79 Å². The van der Waals surface area contributed by atoms with E-state index in [1.165, 1.54) is 5.56 Å². The second-order valence-corrected chi connectivity index (χ2v) is 6.61. The Morgan fingerprint density at radius 1 is 1.57 bits per heavy atom. The number of amides is 1. The summed E-state index contributed by atoms with van der Waals surface area (Å²) in [5, 5.41) is 11.1. The predicted molar refractivity (Wildman–Crippen MR) is 91.0 cm³/mol. The monoisotopic (exact) mass is 342 g/mol. The quantitative estimate of drug-likeness (QED) is 0.863. The zero-order valence-corrected chi connectivity index (χ0v) is 14.7. The molecule has 0 spiro atoms. The number of carbonyl (C=O) groups excluding carboxylic acids is 1. The van der Waals surface area contributed by atoms with Crippen LogP contribution in [-0.2, 0) is 22.4 Å². The molecule has 1 amide bonds. The summed E-state index contributed by atoms with van der Waals surface area (Å²) in [7, 11) is 0. The molecule has 7 heteroatoms. The van der Waals surface area contributed by atoms with Crippen LogP contribution in [0.5, 0.6) is 0 Å². The Kier molecular flexibility index (Phi) is 6.44. The van der Waals surface area contributed by atoms with E-state index in [2.05, 4.69) is 35.8 Å². The molecule has 23 heavy (non-hydrogen) atoms. The van der Waals surface area contributed by atoms with Crippen LogP contribution in [0.3, 0.4) is 0 Å². The van der Waals surface area contributed by atoms with Gasteiger partial charge in [-0.1, -0.05) is 0 Å². The summed E-state index contributed by atoms with van der Waals surface area (Å²) in [5.41, 5.74) is 2.48. The minimum absolute atomic E-state index is 0. The molecule has 3 rings (SSSR count). The normalized spacial score (nSPS) is 24.0. The van der Waals surface area contributed by atoms with Gasteiger partial charge >= 0.3 is 0 Å². The van der Waals surface area contributed by atoms with Crippen LogP contribution in [0.2, 0.25) is 0 Å². The minimum Gasteiger partial charge on any atom is -0.378 e. The van der Waals surface area contributed by atoms with Crippen molar-refractivity contribution in [2.24, 2.45) is 0 Å². The molecule has 2 N–H and O–H groups in total. The summed E-state index contributed by atoms with van der Waals surface area (Å²) in [6.45, 7) is 6.47. The van der Waals surface area contributed by atoms with Crippen molar-refractivity contribution in [1.29, 1.82) is 0 Å². The van der Waals surface area contributed by atoms with E-state index in [1.807, 2.05) is 4.68 Å². The Morgan fingerprint density at radius 3 is 3.09 bits per heavy atom. The molecule has 1 aliphatic heterocycles. The fourth-order valence-corrected chi connectivity index (χ4v) is 3.16. The van der Waals surface area contributed by atoms with Crippen LogP contribution in [0.1, 0.15) is 44.0 Å². The molecule has 0 saturated carbocycles. The summed E-state index contributed by atoms with van der Waals surface area (Å²) < 4.78 is 7.42. The van der Waals surface area contributed by atoms with E-state index in [1.54, 1.807) is 0 Å². The van der Waals surface area contributed by atoms with Crippen molar-refractivity contribution in [3.05, 3.63) is 17.5 Å². The lowest BCUT2D eigenvalue weighted by Crippen LogP contribution is -2.46. The highest BCUT2D eigenvalue weighted by Gasteiger charge is 2.24. The lowest BCUT2D eigenvalue weighted by Gasteiger charge is -2.26. The van der Waals surface area contributed by atoms with Crippen LogP contribution in [-0.4, -0.2) is 47.5 Å². The fraction of sp³-hybridized carbons (Fsp3) is 0.750. The van der Waals surface area contributed by atoms with Crippen LogP contribution in [0.15, 0.2) is 6.20 Å². The van der Waals surface area contributed by atoms with Gasteiger partial charge in [-0.15, -0.1) is 12.4 Å². The van der Waals surface area contributed by atoms with Crippen LogP contribution in [0.4, 0.5) is 0 Å². The summed E-state index contributed by atoms with van der Waals surface area (Å²) in [6.07, 6.45) is 5.48. The molecule has 2 unspecified atom stereocenters. The highest BCUT2D eigenvalue weighted by molar-refractivity contribution is 5.85. The van der Waals surface area contributed by atoms with E-state index < -0.39 is 0 Å². The molecule has 0 aromatic carbocycles. The standard InChI is InChI=1S/C16H26N4O2.ClH/c1-11(2)20-9-12-3-4-13(7-15(12)19-20)18-16(21)8-14-10-22-6-5-17-14;/h9,11,13-14,17H,3-8,10H2,1-2H3,(H,18,21);1H. The van der Waals surface area contributed by atoms with Gasteiger partial charge in [0.05, 0.1) is 18.9 Å². The van der Waals surface area contributed by atoms with Crippen LogP contribution in [0, 0.1) is 0 Å². The second kappa shape index (κ2) is 8.13.